The number of hydrogen-bond acceptors (Lipinski definition) is 3. The van der Waals surface area contributed by atoms with E-state index in [-0.39, 0.29) is 0 Å². The number of carboxylic acid groups (broad SMARTS) is 1. The molecule has 1 amide bonds. The predicted octanol–water partition coefficient (Wildman–Crippen LogP) is 1.63. The third kappa shape index (κ3) is 3.48. The molecule has 92 valence electrons. The summed E-state index contributed by atoms with van der Waals surface area (Å²) in [4.78, 5) is 21.1. The van der Waals surface area contributed by atoms with E-state index in [9.17, 15) is 9.59 Å². The van der Waals surface area contributed by atoms with Crippen molar-refractivity contribution in [3.05, 3.63) is 28.8 Å². The molecule has 0 aliphatic carbocycles. The second-order valence-electron chi connectivity index (χ2n) is 3.62. The molecule has 1 rings (SSSR count). The van der Waals surface area contributed by atoms with Crippen LogP contribution in [0.4, 0.5) is 4.79 Å². The highest BCUT2D eigenvalue weighted by Gasteiger charge is 2.08. The van der Waals surface area contributed by atoms with Crippen LogP contribution in [0.5, 0.6) is 5.75 Å². The van der Waals surface area contributed by atoms with Crippen LogP contribution in [0.2, 0.25) is 0 Å². The van der Waals surface area contributed by atoms with Gasteiger partial charge in [0.1, 0.15) is 12.0 Å². The second-order valence-corrected chi connectivity index (χ2v) is 3.62. The molecular formula is C12H15NO4. The van der Waals surface area contributed by atoms with Gasteiger partial charge >= 0.3 is 6.09 Å². The Morgan fingerprint density at radius 2 is 2.24 bits per heavy atom. The molecule has 5 nitrogen and oxygen atoms in total. The summed E-state index contributed by atoms with van der Waals surface area (Å²) >= 11 is 0. The molecule has 0 atom stereocenters. The standard InChI is InChI=1S/C12H15NO4/c1-8-5-9(3-4-13-12(15)16)11(17-2)6-10(8)7-14/h5-7,13H,3-4H2,1-2H3,(H,15,16). The fourth-order valence-corrected chi connectivity index (χ4v) is 1.58. The molecule has 1 aromatic carbocycles. The lowest BCUT2D eigenvalue weighted by Gasteiger charge is -2.11. The quantitative estimate of drug-likeness (QED) is 0.763. The molecule has 0 aliphatic heterocycles. The van der Waals surface area contributed by atoms with Gasteiger partial charge in [0.05, 0.1) is 7.11 Å². The van der Waals surface area contributed by atoms with E-state index < -0.39 is 6.09 Å². The zero-order chi connectivity index (χ0) is 12.8. The van der Waals surface area contributed by atoms with Crippen molar-refractivity contribution in [2.45, 2.75) is 13.3 Å². The second kappa shape index (κ2) is 5.89. The summed E-state index contributed by atoms with van der Waals surface area (Å²) in [5, 5.41) is 10.8. The number of aldehydes is 1. The molecule has 0 bridgehead atoms. The molecule has 2 N–H and O–H groups in total. The van der Waals surface area contributed by atoms with Gasteiger partial charge in [0.2, 0.25) is 0 Å². The maximum Gasteiger partial charge on any atom is 0.404 e. The maximum atomic E-state index is 10.8. The van der Waals surface area contributed by atoms with Crippen LogP contribution in [0.1, 0.15) is 21.5 Å². The minimum atomic E-state index is -1.05. The van der Waals surface area contributed by atoms with Gasteiger partial charge in [0.25, 0.3) is 0 Å². The fraction of sp³-hybridized carbons (Fsp3) is 0.333. The lowest BCUT2D eigenvalue weighted by Crippen LogP contribution is -2.23. The highest BCUT2D eigenvalue weighted by Crippen LogP contribution is 2.22. The van der Waals surface area contributed by atoms with Gasteiger partial charge in [0, 0.05) is 12.1 Å². The van der Waals surface area contributed by atoms with E-state index in [0.29, 0.717) is 24.3 Å². The van der Waals surface area contributed by atoms with E-state index in [1.807, 2.05) is 13.0 Å². The molecule has 1 aromatic rings. The van der Waals surface area contributed by atoms with Crippen LogP contribution in [0.25, 0.3) is 0 Å². The van der Waals surface area contributed by atoms with Crippen molar-refractivity contribution >= 4 is 12.4 Å². The molecule has 0 aromatic heterocycles. The SMILES string of the molecule is COc1cc(C=O)c(C)cc1CCNC(=O)O. The van der Waals surface area contributed by atoms with Gasteiger partial charge in [0.15, 0.2) is 0 Å². The first kappa shape index (κ1) is 13.0. The molecule has 5 heteroatoms. The van der Waals surface area contributed by atoms with Gasteiger partial charge < -0.3 is 15.2 Å². The summed E-state index contributed by atoms with van der Waals surface area (Å²) < 4.78 is 5.17. The molecule has 0 unspecified atom stereocenters. The van der Waals surface area contributed by atoms with E-state index in [1.54, 1.807) is 6.07 Å². The van der Waals surface area contributed by atoms with Crippen LogP contribution < -0.4 is 10.1 Å². The first-order valence-corrected chi connectivity index (χ1v) is 5.18. The maximum absolute atomic E-state index is 10.8. The Hall–Kier alpha value is -2.04. The van der Waals surface area contributed by atoms with Crippen molar-refractivity contribution in [2.24, 2.45) is 0 Å². The normalized spacial score (nSPS) is 9.76. The van der Waals surface area contributed by atoms with Gasteiger partial charge in [-0.05, 0) is 30.5 Å². The summed E-state index contributed by atoms with van der Waals surface area (Å²) in [6, 6.07) is 3.50. The van der Waals surface area contributed by atoms with Crippen molar-refractivity contribution < 1.29 is 19.4 Å². The first-order chi connectivity index (χ1) is 8.08. The number of benzene rings is 1. The Morgan fingerprint density at radius 1 is 1.53 bits per heavy atom. The summed E-state index contributed by atoms with van der Waals surface area (Å²) in [7, 11) is 1.52. The van der Waals surface area contributed by atoms with Crippen LogP contribution >= 0.6 is 0 Å². The van der Waals surface area contributed by atoms with Gasteiger partial charge in [-0.2, -0.15) is 0 Å². The Labute approximate surface area is 99.4 Å². The van der Waals surface area contributed by atoms with E-state index in [1.165, 1.54) is 7.11 Å². The molecule has 0 heterocycles. The van der Waals surface area contributed by atoms with Gasteiger partial charge in [-0.3, -0.25) is 4.79 Å². The van der Waals surface area contributed by atoms with Crippen molar-refractivity contribution in [3.63, 3.8) is 0 Å². The van der Waals surface area contributed by atoms with Crippen LogP contribution in [-0.2, 0) is 6.42 Å². The number of aryl methyl sites for hydroxylation is 1. The van der Waals surface area contributed by atoms with Crippen LogP contribution in [0, 0.1) is 6.92 Å². The van der Waals surface area contributed by atoms with Gasteiger partial charge in [-0.25, -0.2) is 4.79 Å². The summed E-state index contributed by atoms with van der Waals surface area (Å²) in [6.07, 6.45) is 0.247. The zero-order valence-corrected chi connectivity index (χ0v) is 9.82. The molecule has 0 aliphatic rings. The number of carbonyl (C=O) groups excluding carboxylic acids is 1. The number of methoxy groups -OCH3 is 1. The molecule has 0 spiro atoms. The summed E-state index contributed by atoms with van der Waals surface area (Å²) in [5.74, 6) is 0.602. The third-order valence-corrected chi connectivity index (χ3v) is 2.47. The molecule has 0 radical (unpaired) electrons. The van der Waals surface area contributed by atoms with Gasteiger partial charge in [-0.1, -0.05) is 6.07 Å². The number of nitrogens with one attached hydrogen (secondary N) is 1. The highest BCUT2D eigenvalue weighted by molar-refractivity contribution is 5.78. The van der Waals surface area contributed by atoms with Crippen molar-refractivity contribution in [2.75, 3.05) is 13.7 Å². The Kier molecular flexibility index (Phi) is 4.51. The Morgan fingerprint density at radius 3 is 2.76 bits per heavy atom. The minimum absolute atomic E-state index is 0.311. The van der Waals surface area contributed by atoms with Crippen molar-refractivity contribution in [1.29, 1.82) is 0 Å². The first-order valence-electron chi connectivity index (χ1n) is 5.18. The molecule has 0 saturated heterocycles. The van der Waals surface area contributed by atoms with Crippen molar-refractivity contribution in [1.82, 2.24) is 5.32 Å². The largest absolute Gasteiger partial charge is 0.496 e. The molecule has 0 fully saturated rings. The smallest absolute Gasteiger partial charge is 0.404 e. The Bertz CT molecular complexity index is 429. The van der Waals surface area contributed by atoms with Crippen LogP contribution in [0.15, 0.2) is 12.1 Å². The monoisotopic (exact) mass is 237 g/mol. The zero-order valence-electron chi connectivity index (χ0n) is 9.82. The average Bonchev–Trinajstić information content (AvgIpc) is 2.29. The topological polar surface area (TPSA) is 75.6 Å². The number of amides is 1. The number of rotatable bonds is 5. The van der Waals surface area contributed by atoms with Crippen LogP contribution in [0.3, 0.4) is 0 Å². The number of carbonyl (C=O) groups is 2. The lowest BCUT2D eigenvalue weighted by molar-refractivity contribution is 0.112. The van der Waals surface area contributed by atoms with Crippen LogP contribution in [-0.4, -0.2) is 31.1 Å². The third-order valence-electron chi connectivity index (χ3n) is 2.47. The highest BCUT2D eigenvalue weighted by atomic mass is 16.5. The van der Waals surface area contributed by atoms with E-state index >= 15 is 0 Å². The fourth-order valence-electron chi connectivity index (χ4n) is 1.58. The predicted molar refractivity (Wildman–Crippen MR) is 62.9 cm³/mol. The average molecular weight is 237 g/mol. The van der Waals surface area contributed by atoms with E-state index in [2.05, 4.69) is 5.32 Å². The number of hydrogen-bond donors (Lipinski definition) is 2. The van der Waals surface area contributed by atoms with E-state index in [0.717, 1.165) is 17.4 Å². The summed E-state index contributed by atoms with van der Waals surface area (Å²) in [6.45, 7) is 2.14. The van der Waals surface area contributed by atoms with Crippen molar-refractivity contribution in [3.8, 4) is 5.75 Å². The summed E-state index contributed by atoms with van der Waals surface area (Å²) in [5.41, 5.74) is 2.31. The molecular weight excluding hydrogens is 222 g/mol. The minimum Gasteiger partial charge on any atom is -0.496 e. The van der Waals surface area contributed by atoms with Gasteiger partial charge in [-0.15, -0.1) is 0 Å². The lowest BCUT2D eigenvalue weighted by atomic mass is 10.0. The molecule has 0 saturated carbocycles. The Balaban J connectivity index is 2.86. The number of ether oxygens (including phenoxy) is 1. The van der Waals surface area contributed by atoms with E-state index in [4.69, 9.17) is 9.84 Å². The molecule has 17 heavy (non-hydrogen) atoms.